The molecule has 2 atom stereocenters. The fourth-order valence-corrected chi connectivity index (χ4v) is 1.72. The molecule has 1 heteroatoms. The summed E-state index contributed by atoms with van der Waals surface area (Å²) in [4.78, 5) is 0. The fourth-order valence-electron chi connectivity index (χ4n) is 1.72. The fraction of sp³-hybridized carbons (Fsp3) is 1.00. The van der Waals surface area contributed by atoms with Gasteiger partial charge < -0.3 is 0 Å². The van der Waals surface area contributed by atoms with E-state index in [0.717, 1.165) is 11.7 Å². The van der Waals surface area contributed by atoms with Gasteiger partial charge in [-0.15, -0.1) is 0 Å². The Balaban J connectivity index is 4.10. The predicted molar refractivity (Wildman–Crippen MR) is 55.8 cm³/mol. The molecule has 0 nitrogen and oxygen atoms in total. The van der Waals surface area contributed by atoms with Crippen LogP contribution in [0.4, 0.5) is 0 Å². The van der Waals surface area contributed by atoms with Gasteiger partial charge in [0.1, 0.15) is 7.85 Å². The largest absolute Gasteiger partial charge is 0.105 e. The predicted octanol–water partition coefficient (Wildman–Crippen LogP) is 2.89. The molecule has 0 aromatic heterocycles. The second-order valence-electron chi connectivity index (χ2n) is 4.76. The minimum atomic E-state index is 0.564. The van der Waals surface area contributed by atoms with Crippen molar-refractivity contribution in [3.63, 3.8) is 0 Å². The lowest BCUT2D eigenvalue weighted by Gasteiger charge is -2.34. The molecule has 0 aliphatic rings. The molecule has 0 heterocycles. The normalized spacial score (nSPS) is 19.8. The van der Waals surface area contributed by atoms with Crippen molar-refractivity contribution in [2.75, 3.05) is 0 Å². The van der Waals surface area contributed by atoms with Crippen molar-refractivity contribution in [2.24, 2.45) is 11.3 Å². The highest BCUT2D eigenvalue weighted by atomic mass is 14.3. The molecule has 0 aliphatic carbocycles. The zero-order valence-electron chi connectivity index (χ0n) is 9.07. The van der Waals surface area contributed by atoms with E-state index in [1.807, 2.05) is 0 Å². The Labute approximate surface area is 73.2 Å². The quantitative estimate of drug-likeness (QED) is 0.546. The summed E-state index contributed by atoms with van der Waals surface area (Å²) in [6.45, 7) is 11.7. The maximum atomic E-state index is 2.41. The average molecular weight is 154 g/mol. The van der Waals surface area contributed by atoms with Crippen LogP contribution in [0.3, 0.4) is 0 Å². The van der Waals surface area contributed by atoms with Crippen LogP contribution in [0, 0.1) is 11.3 Å². The zero-order valence-corrected chi connectivity index (χ0v) is 9.07. The van der Waals surface area contributed by atoms with Crippen molar-refractivity contribution < 1.29 is 0 Å². The van der Waals surface area contributed by atoms with E-state index in [2.05, 4.69) is 42.5 Å². The second kappa shape index (κ2) is 4.18. The molecule has 0 aliphatic heterocycles. The van der Waals surface area contributed by atoms with E-state index in [9.17, 15) is 0 Å². The van der Waals surface area contributed by atoms with Crippen LogP contribution in [-0.2, 0) is 0 Å². The third kappa shape index (κ3) is 3.31. The summed E-state index contributed by atoms with van der Waals surface area (Å²) in [5.41, 5.74) is 0.564. The number of rotatable bonds is 4. The Bertz CT molecular complexity index is 107. The molecule has 0 bridgehead atoms. The van der Waals surface area contributed by atoms with E-state index in [0.29, 0.717) is 5.41 Å². The third-order valence-corrected chi connectivity index (χ3v) is 3.08. The molecule has 0 saturated heterocycles. The van der Waals surface area contributed by atoms with Crippen LogP contribution in [0.2, 0.25) is 5.82 Å². The van der Waals surface area contributed by atoms with Gasteiger partial charge in [0.2, 0.25) is 0 Å². The first-order chi connectivity index (χ1) is 4.92. The molecule has 66 valence electrons. The van der Waals surface area contributed by atoms with Gasteiger partial charge in [-0.05, 0) is 11.3 Å². The summed E-state index contributed by atoms with van der Waals surface area (Å²) in [7, 11) is 2.32. The molecular weight excluding hydrogens is 131 g/mol. The molecule has 0 radical (unpaired) electrons. The summed E-state index contributed by atoms with van der Waals surface area (Å²) >= 11 is 0. The SMILES string of the molecule is BC(C)CC(C)(CC)C(C)C. The summed E-state index contributed by atoms with van der Waals surface area (Å²) in [5.74, 6) is 1.65. The molecule has 0 aromatic rings. The Morgan fingerprint density at radius 3 is 1.82 bits per heavy atom. The van der Waals surface area contributed by atoms with Gasteiger partial charge >= 0.3 is 0 Å². The van der Waals surface area contributed by atoms with Crippen LogP contribution in [0.1, 0.15) is 47.5 Å². The molecule has 0 amide bonds. The highest BCUT2D eigenvalue weighted by Crippen LogP contribution is 2.37. The summed E-state index contributed by atoms with van der Waals surface area (Å²) in [6, 6.07) is 0. The van der Waals surface area contributed by atoms with Crippen LogP contribution in [0.15, 0.2) is 0 Å². The monoisotopic (exact) mass is 154 g/mol. The Hall–Kier alpha value is 0.0649. The van der Waals surface area contributed by atoms with Crippen LogP contribution < -0.4 is 0 Å². The van der Waals surface area contributed by atoms with Gasteiger partial charge in [-0.3, -0.25) is 0 Å². The Kier molecular flexibility index (Phi) is 4.21. The highest BCUT2D eigenvalue weighted by molar-refractivity contribution is 6.11. The van der Waals surface area contributed by atoms with Crippen molar-refractivity contribution in [2.45, 2.75) is 53.3 Å². The van der Waals surface area contributed by atoms with Crippen molar-refractivity contribution in [1.29, 1.82) is 0 Å². The smallest absolute Gasteiger partial charge is 0.0720 e. The first kappa shape index (κ1) is 11.1. The molecule has 0 fully saturated rings. The molecule has 11 heavy (non-hydrogen) atoms. The number of hydrogen-bond acceptors (Lipinski definition) is 0. The Morgan fingerprint density at radius 2 is 1.73 bits per heavy atom. The minimum Gasteiger partial charge on any atom is -0.0720 e. The van der Waals surface area contributed by atoms with Gasteiger partial charge in [-0.1, -0.05) is 53.3 Å². The summed E-state index contributed by atoms with van der Waals surface area (Å²) in [6.07, 6.45) is 2.67. The summed E-state index contributed by atoms with van der Waals surface area (Å²) < 4.78 is 0. The highest BCUT2D eigenvalue weighted by Gasteiger charge is 2.26. The average Bonchev–Trinajstić information content (AvgIpc) is 1.86. The van der Waals surface area contributed by atoms with Gasteiger partial charge in [0.05, 0.1) is 0 Å². The standard InChI is InChI=1S/C10H23B/c1-6-10(5,8(2)3)7-9(4)11/h8-9H,6-7,11H2,1-5H3. The van der Waals surface area contributed by atoms with Gasteiger partial charge in [-0.25, -0.2) is 0 Å². The lowest BCUT2D eigenvalue weighted by atomic mass is 9.67. The maximum absolute atomic E-state index is 2.41. The molecule has 0 N–H and O–H groups in total. The summed E-state index contributed by atoms with van der Waals surface area (Å²) in [5, 5.41) is 0. The number of hydrogen-bond donors (Lipinski definition) is 0. The van der Waals surface area contributed by atoms with Crippen molar-refractivity contribution >= 4 is 7.85 Å². The topological polar surface area (TPSA) is 0 Å². The van der Waals surface area contributed by atoms with Gasteiger partial charge in [0.15, 0.2) is 0 Å². The van der Waals surface area contributed by atoms with Crippen LogP contribution in [-0.4, -0.2) is 7.85 Å². The van der Waals surface area contributed by atoms with E-state index in [-0.39, 0.29) is 0 Å². The molecule has 0 aromatic carbocycles. The van der Waals surface area contributed by atoms with E-state index in [4.69, 9.17) is 0 Å². The van der Waals surface area contributed by atoms with Crippen molar-refractivity contribution in [3.8, 4) is 0 Å². The van der Waals surface area contributed by atoms with Gasteiger partial charge in [0.25, 0.3) is 0 Å². The molecule has 0 saturated carbocycles. The van der Waals surface area contributed by atoms with E-state index >= 15 is 0 Å². The minimum absolute atomic E-state index is 0.564. The van der Waals surface area contributed by atoms with Crippen molar-refractivity contribution in [3.05, 3.63) is 0 Å². The first-order valence-electron chi connectivity index (χ1n) is 4.92. The van der Waals surface area contributed by atoms with Crippen LogP contribution in [0.5, 0.6) is 0 Å². The lowest BCUT2D eigenvalue weighted by Crippen LogP contribution is -2.23. The molecular formula is C10H23B. The van der Waals surface area contributed by atoms with E-state index in [1.165, 1.54) is 12.8 Å². The maximum Gasteiger partial charge on any atom is 0.105 e. The lowest BCUT2D eigenvalue weighted by molar-refractivity contribution is 0.189. The van der Waals surface area contributed by atoms with Gasteiger partial charge in [-0.2, -0.15) is 0 Å². The second-order valence-corrected chi connectivity index (χ2v) is 4.76. The molecule has 0 spiro atoms. The third-order valence-electron chi connectivity index (χ3n) is 3.08. The van der Waals surface area contributed by atoms with Crippen LogP contribution in [0.25, 0.3) is 0 Å². The zero-order chi connectivity index (χ0) is 9.07. The van der Waals surface area contributed by atoms with Gasteiger partial charge in [0, 0.05) is 0 Å². The van der Waals surface area contributed by atoms with E-state index in [1.54, 1.807) is 0 Å². The van der Waals surface area contributed by atoms with Crippen molar-refractivity contribution in [1.82, 2.24) is 0 Å². The van der Waals surface area contributed by atoms with Crippen LogP contribution >= 0.6 is 0 Å². The van der Waals surface area contributed by atoms with E-state index < -0.39 is 0 Å². The Morgan fingerprint density at radius 1 is 1.27 bits per heavy atom. The molecule has 2 unspecified atom stereocenters. The first-order valence-corrected chi connectivity index (χ1v) is 4.92. The molecule has 0 rings (SSSR count).